The van der Waals surface area contributed by atoms with E-state index in [1.807, 2.05) is 32.6 Å². The third-order valence-electron chi connectivity index (χ3n) is 4.81. The zero-order valence-corrected chi connectivity index (χ0v) is 17.9. The van der Waals surface area contributed by atoms with Gasteiger partial charge in [-0.1, -0.05) is 20.8 Å². The number of ether oxygens (including phenoxy) is 3. The molecule has 158 valence electrons. The van der Waals surface area contributed by atoms with Gasteiger partial charge in [0.15, 0.2) is 0 Å². The average molecular weight is 387 g/mol. The summed E-state index contributed by atoms with van der Waals surface area (Å²) in [4.78, 5) is 27.6. The van der Waals surface area contributed by atoms with Crippen LogP contribution in [0.15, 0.2) is 0 Å². The third kappa shape index (κ3) is 8.15. The Bertz CT molecular complexity index is 462. The molecule has 0 saturated carbocycles. The Balaban J connectivity index is 2.81. The largest absolute Gasteiger partial charge is 0.385 e. The molecule has 3 unspecified atom stereocenters. The highest BCUT2D eigenvalue weighted by Crippen LogP contribution is 2.20. The number of methoxy groups -OCH3 is 2. The molecule has 0 aromatic heterocycles. The minimum absolute atomic E-state index is 0.0763. The van der Waals surface area contributed by atoms with Crippen LogP contribution in [-0.4, -0.2) is 76.0 Å². The first-order valence-corrected chi connectivity index (χ1v) is 9.90. The molecule has 1 fully saturated rings. The van der Waals surface area contributed by atoms with Crippen molar-refractivity contribution in [2.75, 3.05) is 47.1 Å². The second kappa shape index (κ2) is 11.6. The number of amides is 2. The number of likely N-dealkylation sites (tertiary alicyclic amines) is 1. The number of rotatable bonds is 10. The molecule has 3 atom stereocenters. The molecular weight excluding hydrogens is 348 g/mol. The van der Waals surface area contributed by atoms with Crippen LogP contribution in [0.1, 0.15) is 47.0 Å². The number of nitrogens with zero attached hydrogens (tertiary/aromatic N) is 1. The highest BCUT2D eigenvalue weighted by atomic mass is 16.5. The van der Waals surface area contributed by atoms with E-state index in [-0.39, 0.29) is 11.8 Å². The molecule has 1 aliphatic rings. The van der Waals surface area contributed by atoms with Crippen LogP contribution in [0.2, 0.25) is 0 Å². The van der Waals surface area contributed by atoms with Gasteiger partial charge in [-0.05, 0) is 32.1 Å². The Labute approximate surface area is 164 Å². The van der Waals surface area contributed by atoms with Crippen LogP contribution in [0.4, 0.5) is 0 Å². The first-order chi connectivity index (χ1) is 12.7. The van der Waals surface area contributed by atoms with Gasteiger partial charge < -0.3 is 24.4 Å². The zero-order chi connectivity index (χ0) is 20.4. The fraction of sp³-hybridized carbons (Fsp3) is 0.900. The van der Waals surface area contributed by atoms with Gasteiger partial charge in [0.25, 0.3) is 0 Å². The normalized spacial score (nSPS) is 20.2. The lowest BCUT2D eigenvalue weighted by Crippen LogP contribution is -2.57. The smallest absolute Gasteiger partial charge is 0.247 e. The molecule has 7 nitrogen and oxygen atoms in total. The summed E-state index contributed by atoms with van der Waals surface area (Å²) in [7, 11) is 3.33. The second-order valence-corrected chi connectivity index (χ2v) is 8.37. The van der Waals surface area contributed by atoms with Crippen LogP contribution in [0.5, 0.6) is 0 Å². The van der Waals surface area contributed by atoms with E-state index >= 15 is 0 Å². The monoisotopic (exact) mass is 386 g/mol. The van der Waals surface area contributed by atoms with Crippen molar-refractivity contribution in [1.82, 2.24) is 10.2 Å². The highest BCUT2D eigenvalue weighted by molar-refractivity contribution is 5.90. The van der Waals surface area contributed by atoms with Gasteiger partial charge in [0.1, 0.15) is 6.04 Å². The van der Waals surface area contributed by atoms with Crippen molar-refractivity contribution < 1.29 is 23.8 Å². The first-order valence-electron chi connectivity index (χ1n) is 9.90. The van der Waals surface area contributed by atoms with E-state index in [2.05, 4.69) is 5.32 Å². The quantitative estimate of drug-likeness (QED) is 0.580. The van der Waals surface area contributed by atoms with E-state index < -0.39 is 17.6 Å². The SMILES string of the molecule is COCCCOC(C)C(NC(=O)C(C)(C)C)C(=O)N1CCCC(COC)C1. The highest BCUT2D eigenvalue weighted by Gasteiger charge is 2.35. The Morgan fingerprint density at radius 3 is 2.48 bits per heavy atom. The van der Waals surface area contributed by atoms with Crippen molar-refractivity contribution in [2.24, 2.45) is 11.3 Å². The molecule has 2 amide bonds. The molecular formula is C20H38N2O5. The van der Waals surface area contributed by atoms with Crippen LogP contribution in [0, 0.1) is 11.3 Å². The third-order valence-corrected chi connectivity index (χ3v) is 4.81. The first kappa shape index (κ1) is 23.9. The summed E-state index contributed by atoms with van der Waals surface area (Å²) in [5, 5.41) is 2.92. The van der Waals surface area contributed by atoms with E-state index in [4.69, 9.17) is 14.2 Å². The van der Waals surface area contributed by atoms with E-state index in [9.17, 15) is 9.59 Å². The second-order valence-electron chi connectivity index (χ2n) is 8.37. The van der Waals surface area contributed by atoms with Crippen LogP contribution in [0.25, 0.3) is 0 Å². The molecule has 0 bridgehead atoms. The van der Waals surface area contributed by atoms with Crippen molar-refractivity contribution in [3.8, 4) is 0 Å². The molecule has 0 aromatic rings. The fourth-order valence-corrected chi connectivity index (χ4v) is 3.14. The Kier molecular flexibility index (Phi) is 10.3. The topological polar surface area (TPSA) is 77.1 Å². The minimum atomic E-state index is -0.694. The van der Waals surface area contributed by atoms with Crippen molar-refractivity contribution in [2.45, 2.75) is 59.1 Å². The number of carbonyl (C=O) groups is 2. The summed E-state index contributed by atoms with van der Waals surface area (Å²) in [6, 6.07) is -0.694. The lowest BCUT2D eigenvalue weighted by atomic mass is 9.94. The predicted molar refractivity (Wildman–Crippen MR) is 104 cm³/mol. The Hall–Kier alpha value is -1.18. The Morgan fingerprint density at radius 1 is 1.19 bits per heavy atom. The lowest BCUT2D eigenvalue weighted by Gasteiger charge is -2.37. The van der Waals surface area contributed by atoms with Gasteiger partial charge in [-0.25, -0.2) is 0 Å². The summed E-state index contributed by atoms with van der Waals surface area (Å²) in [6.45, 7) is 10.4. The Morgan fingerprint density at radius 2 is 1.89 bits per heavy atom. The lowest BCUT2D eigenvalue weighted by molar-refractivity contribution is -0.144. The van der Waals surface area contributed by atoms with Crippen LogP contribution in [-0.2, 0) is 23.8 Å². The van der Waals surface area contributed by atoms with Gasteiger partial charge in [-0.15, -0.1) is 0 Å². The van der Waals surface area contributed by atoms with Gasteiger partial charge >= 0.3 is 0 Å². The van der Waals surface area contributed by atoms with Gasteiger partial charge in [0.2, 0.25) is 11.8 Å². The summed E-state index contributed by atoms with van der Waals surface area (Å²) in [5.74, 6) is 0.107. The molecule has 1 aliphatic heterocycles. The van der Waals surface area contributed by atoms with Gasteiger partial charge in [0, 0.05) is 45.9 Å². The molecule has 1 saturated heterocycles. The van der Waals surface area contributed by atoms with E-state index in [1.54, 1.807) is 14.2 Å². The average Bonchev–Trinajstić information content (AvgIpc) is 2.62. The van der Waals surface area contributed by atoms with Crippen molar-refractivity contribution >= 4 is 11.8 Å². The van der Waals surface area contributed by atoms with E-state index in [0.29, 0.717) is 38.8 Å². The number of carbonyl (C=O) groups excluding carboxylic acids is 2. The molecule has 1 rings (SSSR count). The number of piperidine rings is 1. The van der Waals surface area contributed by atoms with Crippen LogP contribution in [0.3, 0.4) is 0 Å². The molecule has 0 spiro atoms. The van der Waals surface area contributed by atoms with Crippen molar-refractivity contribution in [1.29, 1.82) is 0 Å². The summed E-state index contributed by atoms with van der Waals surface area (Å²) < 4.78 is 16.1. The molecule has 1 N–H and O–H groups in total. The molecule has 1 heterocycles. The minimum Gasteiger partial charge on any atom is -0.385 e. The maximum atomic E-state index is 13.2. The van der Waals surface area contributed by atoms with Crippen molar-refractivity contribution in [3.63, 3.8) is 0 Å². The van der Waals surface area contributed by atoms with Gasteiger partial charge in [-0.3, -0.25) is 9.59 Å². The summed E-state index contributed by atoms with van der Waals surface area (Å²) >= 11 is 0. The fourth-order valence-electron chi connectivity index (χ4n) is 3.14. The van der Waals surface area contributed by atoms with Crippen LogP contribution < -0.4 is 5.32 Å². The zero-order valence-electron chi connectivity index (χ0n) is 17.9. The summed E-state index contributed by atoms with van der Waals surface area (Å²) in [6.07, 6.45) is 2.33. The predicted octanol–water partition coefficient (Wildman–Crippen LogP) is 1.84. The van der Waals surface area contributed by atoms with Crippen LogP contribution >= 0.6 is 0 Å². The molecule has 27 heavy (non-hydrogen) atoms. The number of hydrogen-bond donors (Lipinski definition) is 1. The standard InChI is InChI=1S/C20H38N2O5/c1-15(27-12-8-11-25-5)17(21-19(24)20(2,3)4)18(23)22-10-7-9-16(13-22)14-26-6/h15-17H,7-14H2,1-6H3,(H,21,24). The number of hydrogen-bond acceptors (Lipinski definition) is 5. The van der Waals surface area contributed by atoms with E-state index in [1.165, 1.54) is 0 Å². The van der Waals surface area contributed by atoms with Gasteiger partial charge in [0.05, 0.1) is 12.7 Å². The molecule has 0 aliphatic carbocycles. The molecule has 0 aromatic carbocycles. The van der Waals surface area contributed by atoms with Gasteiger partial charge in [-0.2, -0.15) is 0 Å². The molecule has 7 heteroatoms. The summed E-state index contributed by atoms with van der Waals surface area (Å²) in [5.41, 5.74) is -0.575. The number of nitrogens with one attached hydrogen (secondary N) is 1. The maximum Gasteiger partial charge on any atom is 0.247 e. The van der Waals surface area contributed by atoms with E-state index in [0.717, 1.165) is 19.3 Å². The maximum absolute atomic E-state index is 13.2. The van der Waals surface area contributed by atoms with Crippen molar-refractivity contribution in [3.05, 3.63) is 0 Å². The molecule has 0 radical (unpaired) electrons.